The smallest absolute Gasteiger partial charge is 0.306 e. The second kappa shape index (κ2) is 38.2. The van der Waals surface area contributed by atoms with Gasteiger partial charge in [0.15, 0.2) is 6.29 Å². The van der Waals surface area contributed by atoms with Crippen molar-refractivity contribution in [1.82, 2.24) is 0 Å². The van der Waals surface area contributed by atoms with Crippen molar-refractivity contribution in [3.63, 3.8) is 0 Å². The Labute approximate surface area is 340 Å². The normalized spacial score (nSPS) is 21.3. The number of allylic oxidation sites excluding steroid dienone is 12. The molecule has 1 saturated heterocycles. The Hall–Kier alpha value is -2.37. The van der Waals surface area contributed by atoms with Gasteiger partial charge in [0.1, 0.15) is 30.5 Å². The van der Waals surface area contributed by atoms with Crippen molar-refractivity contribution in [2.24, 2.45) is 0 Å². The zero-order valence-electron chi connectivity index (χ0n) is 35.1. The SMILES string of the molecule is CC/C=C\C/C=C\C/C=C\CCCCCC(=O)OC(COCCCCCCCCC/C=C\C/C=C\C/C=C\CCCCC)COC1OC(CO)C(O)C(O)C1O. The van der Waals surface area contributed by atoms with Crippen LogP contribution in [0.3, 0.4) is 0 Å². The van der Waals surface area contributed by atoms with Gasteiger partial charge in [0, 0.05) is 13.0 Å². The van der Waals surface area contributed by atoms with Gasteiger partial charge < -0.3 is 39.4 Å². The molecule has 0 saturated carbocycles. The van der Waals surface area contributed by atoms with E-state index in [0.29, 0.717) is 13.0 Å². The van der Waals surface area contributed by atoms with Crippen LogP contribution in [0, 0.1) is 0 Å². The van der Waals surface area contributed by atoms with Crippen molar-refractivity contribution in [1.29, 1.82) is 0 Å². The lowest BCUT2D eigenvalue weighted by molar-refractivity contribution is -0.305. The first kappa shape index (κ1) is 51.6. The maximum Gasteiger partial charge on any atom is 0.306 e. The van der Waals surface area contributed by atoms with Crippen molar-refractivity contribution in [3.8, 4) is 0 Å². The van der Waals surface area contributed by atoms with E-state index in [1.807, 2.05) is 0 Å². The van der Waals surface area contributed by atoms with Crippen LogP contribution in [0.15, 0.2) is 72.9 Å². The van der Waals surface area contributed by atoms with Crippen LogP contribution in [0.2, 0.25) is 0 Å². The Kier molecular flexibility index (Phi) is 35.2. The molecule has 1 aliphatic heterocycles. The average molecular weight is 789 g/mol. The molecule has 9 heteroatoms. The van der Waals surface area contributed by atoms with Gasteiger partial charge in [0.2, 0.25) is 0 Å². The summed E-state index contributed by atoms with van der Waals surface area (Å²) >= 11 is 0. The second-order valence-corrected chi connectivity index (χ2v) is 14.8. The first-order valence-corrected chi connectivity index (χ1v) is 22.0. The molecule has 56 heavy (non-hydrogen) atoms. The van der Waals surface area contributed by atoms with Crippen LogP contribution in [-0.4, -0.2) is 89.6 Å². The van der Waals surface area contributed by atoms with Crippen LogP contribution < -0.4 is 0 Å². The molecule has 0 aromatic carbocycles. The van der Waals surface area contributed by atoms with Crippen LogP contribution in [-0.2, 0) is 23.7 Å². The number of aliphatic hydroxyl groups excluding tert-OH is 4. The lowest BCUT2D eigenvalue weighted by atomic mass is 9.99. The molecule has 4 N–H and O–H groups in total. The Balaban J connectivity index is 2.29. The Morgan fingerprint density at radius 1 is 0.589 bits per heavy atom. The molecule has 0 amide bonds. The largest absolute Gasteiger partial charge is 0.457 e. The third kappa shape index (κ3) is 28.9. The van der Waals surface area contributed by atoms with Crippen LogP contribution >= 0.6 is 0 Å². The molecule has 1 rings (SSSR count). The van der Waals surface area contributed by atoms with Crippen LogP contribution in [0.4, 0.5) is 0 Å². The first-order chi connectivity index (χ1) is 27.4. The van der Waals surface area contributed by atoms with E-state index in [-0.39, 0.29) is 25.6 Å². The van der Waals surface area contributed by atoms with Gasteiger partial charge in [-0.3, -0.25) is 4.79 Å². The van der Waals surface area contributed by atoms with Crippen molar-refractivity contribution in [2.45, 2.75) is 192 Å². The summed E-state index contributed by atoms with van der Waals surface area (Å²) in [5, 5.41) is 40.1. The summed E-state index contributed by atoms with van der Waals surface area (Å²) in [6, 6.07) is 0. The molecular weight excluding hydrogens is 709 g/mol. The monoisotopic (exact) mass is 789 g/mol. The van der Waals surface area contributed by atoms with Crippen molar-refractivity contribution < 1.29 is 44.2 Å². The summed E-state index contributed by atoms with van der Waals surface area (Å²) in [4.78, 5) is 12.7. The Bertz CT molecular complexity index is 1080. The van der Waals surface area contributed by atoms with E-state index in [2.05, 4.69) is 86.8 Å². The highest BCUT2D eigenvalue weighted by molar-refractivity contribution is 5.69. The predicted molar refractivity (Wildman–Crippen MR) is 228 cm³/mol. The fraction of sp³-hybridized carbons (Fsp3) is 0.723. The van der Waals surface area contributed by atoms with Gasteiger partial charge in [-0.2, -0.15) is 0 Å². The van der Waals surface area contributed by atoms with E-state index in [4.69, 9.17) is 18.9 Å². The highest BCUT2D eigenvalue weighted by atomic mass is 16.7. The summed E-state index contributed by atoms with van der Waals surface area (Å²) in [5.74, 6) is -0.349. The quantitative estimate of drug-likeness (QED) is 0.0278. The first-order valence-electron chi connectivity index (χ1n) is 22.0. The minimum Gasteiger partial charge on any atom is -0.457 e. The van der Waals surface area contributed by atoms with Crippen LogP contribution in [0.25, 0.3) is 0 Å². The fourth-order valence-electron chi connectivity index (χ4n) is 6.16. The van der Waals surface area contributed by atoms with E-state index in [1.54, 1.807) is 0 Å². The Morgan fingerprint density at radius 2 is 1.09 bits per heavy atom. The molecule has 0 aliphatic carbocycles. The number of carbonyl (C=O) groups excluding carboxylic acids is 1. The van der Waals surface area contributed by atoms with Gasteiger partial charge in [-0.25, -0.2) is 0 Å². The summed E-state index contributed by atoms with van der Waals surface area (Å²) in [6.45, 7) is 4.33. The lowest BCUT2D eigenvalue weighted by Gasteiger charge is -2.39. The van der Waals surface area contributed by atoms with Crippen molar-refractivity contribution in [2.75, 3.05) is 26.4 Å². The van der Waals surface area contributed by atoms with Gasteiger partial charge in [0.05, 0.1) is 19.8 Å². The zero-order chi connectivity index (χ0) is 40.7. The number of carbonyl (C=O) groups is 1. The molecule has 0 aromatic heterocycles. The van der Waals surface area contributed by atoms with E-state index >= 15 is 0 Å². The molecule has 1 fully saturated rings. The number of esters is 1. The minimum atomic E-state index is -1.55. The van der Waals surface area contributed by atoms with Crippen LogP contribution in [0.1, 0.15) is 155 Å². The number of hydrogen-bond donors (Lipinski definition) is 4. The van der Waals surface area contributed by atoms with E-state index in [1.165, 1.54) is 51.4 Å². The summed E-state index contributed by atoms with van der Waals surface area (Å²) < 4.78 is 22.7. The maximum atomic E-state index is 12.7. The molecule has 0 aromatic rings. The molecule has 0 spiro atoms. The van der Waals surface area contributed by atoms with Gasteiger partial charge in [-0.1, -0.05) is 138 Å². The molecule has 1 heterocycles. The second-order valence-electron chi connectivity index (χ2n) is 14.8. The molecule has 6 atom stereocenters. The summed E-state index contributed by atoms with van der Waals surface area (Å²) in [6.07, 6.45) is 42.1. The molecular formula is C47H80O9. The number of hydrogen-bond acceptors (Lipinski definition) is 9. The van der Waals surface area contributed by atoms with Gasteiger partial charge in [-0.05, 0) is 83.5 Å². The zero-order valence-corrected chi connectivity index (χ0v) is 35.1. The molecule has 322 valence electrons. The van der Waals surface area contributed by atoms with Gasteiger partial charge in [-0.15, -0.1) is 0 Å². The number of unbranched alkanes of at least 4 members (excludes halogenated alkanes) is 13. The number of aliphatic hydroxyl groups is 4. The predicted octanol–water partition coefficient (Wildman–Crippen LogP) is 9.69. The molecule has 0 radical (unpaired) electrons. The third-order valence-electron chi connectivity index (χ3n) is 9.61. The molecule has 0 bridgehead atoms. The van der Waals surface area contributed by atoms with Gasteiger partial charge in [0.25, 0.3) is 0 Å². The highest BCUT2D eigenvalue weighted by Gasteiger charge is 2.44. The van der Waals surface area contributed by atoms with E-state index in [9.17, 15) is 25.2 Å². The van der Waals surface area contributed by atoms with Crippen LogP contribution in [0.5, 0.6) is 0 Å². The van der Waals surface area contributed by atoms with E-state index < -0.39 is 43.4 Å². The number of ether oxygens (including phenoxy) is 4. The summed E-state index contributed by atoms with van der Waals surface area (Å²) in [5.41, 5.74) is 0. The topological polar surface area (TPSA) is 135 Å². The summed E-state index contributed by atoms with van der Waals surface area (Å²) in [7, 11) is 0. The lowest BCUT2D eigenvalue weighted by Crippen LogP contribution is -2.59. The van der Waals surface area contributed by atoms with Crippen molar-refractivity contribution in [3.05, 3.63) is 72.9 Å². The molecule has 6 unspecified atom stereocenters. The maximum absolute atomic E-state index is 12.7. The van der Waals surface area contributed by atoms with Crippen molar-refractivity contribution >= 4 is 5.97 Å². The molecule has 9 nitrogen and oxygen atoms in total. The third-order valence-corrected chi connectivity index (χ3v) is 9.61. The fourth-order valence-corrected chi connectivity index (χ4v) is 6.16. The molecule has 1 aliphatic rings. The van der Waals surface area contributed by atoms with E-state index in [0.717, 1.165) is 77.0 Å². The average Bonchev–Trinajstić information content (AvgIpc) is 3.20. The standard InChI is InChI=1S/C47H80O9/c1-3-5-7-9-11-13-15-17-18-19-20-21-22-23-25-27-29-31-33-35-37-53-39-41(40-54-47-46(52)45(51)44(50)42(38-48)56-47)55-43(49)36-34-32-30-28-26-24-16-14-12-10-8-6-4-2/h6,8,11-14,17-18,20-21,24,26,41-42,44-48,50-52H,3-5,7,9-10,15-16,19,22-23,25,27-40H2,1-2H3/b8-6-,13-11-,14-12-,18-17-,21-20-,26-24-. The minimum absolute atomic E-state index is 0.122. The Morgan fingerprint density at radius 3 is 1.64 bits per heavy atom. The van der Waals surface area contributed by atoms with Gasteiger partial charge >= 0.3 is 5.97 Å². The number of rotatable bonds is 36. The highest BCUT2D eigenvalue weighted by Crippen LogP contribution is 2.22.